The number of carbonyl (C=O) groups is 3. The van der Waals surface area contributed by atoms with Crippen molar-refractivity contribution in [1.29, 1.82) is 0 Å². The Labute approximate surface area is 240 Å². The molecule has 0 saturated carbocycles. The van der Waals surface area contributed by atoms with E-state index < -0.39 is 41.1 Å². The lowest BCUT2D eigenvalue weighted by atomic mass is 9.73. The van der Waals surface area contributed by atoms with Crippen LogP contribution in [0.3, 0.4) is 0 Å². The van der Waals surface area contributed by atoms with Crippen molar-refractivity contribution in [3.8, 4) is 0 Å². The van der Waals surface area contributed by atoms with Gasteiger partial charge in [0.1, 0.15) is 23.2 Å². The molecule has 1 unspecified atom stereocenters. The van der Waals surface area contributed by atoms with Crippen molar-refractivity contribution >= 4 is 35.1 Å². The third kappa shape index (κ3) is 4.39. The molecule has 1 aromatic rings. The molecule has 5 rings (SSSR count). The third-order valence-electron chi connectivity index (χ3n) is 9.31. The summed E-state index contributed by atoms with van der Waals surface area (Å²) in [6.45, 7) is 6.03. The zero-order valence-corrected chi connectivity index (χ0v) is 24.2. The molecule has 0 aromatic heterocycles. The Morgan fingerprint density at radius 2 is 1.85 bits per heavy atom. The second kappa shape index (κ2) is 11.3. The van der Waals surface area contributed by atoms with E-state index in [1.165, 1.54) is 4.90 Å². The fourth-order valence-electron chi connectivity index (χ4n) is 7.04. The number of aliphatic hydroxyl groups is 1. The number of esters is 1. The van der Waals surface area contributed by atoms with Crippen molar-refractivity contribution < 1.29 is 29.0 Å². The molecule has 2 amide bonds. The maximum Gasteiger partial charge on any atom is 0.313 e. The Morgan fingerprint density at radius 1 is 1.07 bits per heavy atom. The summed E-state index contributed by atoms with van der Waals surface area (Å²) in [5.41, 5.74) is -2.02. The van der Waals surface area contributed by atoms with E-state index in [1.54, 1.807) is 29.2 Å². The first-order valence-electron chi connectivity index (χ1n) is 14.5. The van der Waals surface area contributed by atoms with Crippen molar-refractivity contribution in [3.63, 3.8) is 0 Å². The Balaban J connectivity index is 1.72. The van der Waals surface area contributed by atoms with Gasteiger partial charge in [-0.05, 0) is 43.7 Å². The molecule has 4 aliphatic heterocycles. The zero-order valence-electron chi connectivity index (χ0n) is 23.4. The summed E-state index contributed by atoms with van der Waals surface area (Å²) in [5.74, 6) is -3.24. The minimum absolute atomic E-state index is 0.106. The van der Waals surface area contributed by atoms with Crippen LogP contribution in [-0.2, 0) is 23.9 Å². The number of amides is 2. The summed E-state index contributed by atoms with van der Waals surface area (Å²) >= 11 is 6.55. The smallest absolute Gasteiger partial charge is 0.313 e. The molecule has 8 nitrogen and oxygen atoms in total. The van der Waals surface area contributed by atoms with Crippen molar-refractivity contribution in [2.24, 2.45) is 17.8 Å². The van der Waals surface area contributed by atoms with Crippen LogP contribution in [-0.4, -0.2) is 70.8 Å². The molecule has 7 atom stereocenters. The first kappa shape index (κ1) is 28.8. The van der Waals surface area contributed by atoms with Crippen LogP contribution in [0, 0.1) is 17.8 Å². The molecule has 4 heterocycles. The molecule has 1 spiro atoms. The van der Waals surface area contributed by atoms with Crippen LogP contribution in [0.2, 0.25) is 5.02 Å². The van der Waals surface area contributed by atoms with Gasteiger partial charge in [0.25, 0.3) is 5.91 Å². The number of para-hydroxylation sites is 1. The molecule has 9 heteroatoms. The number of nitrogens with zero attached hydrogens (tertiary/aromatic N) is 2. The van der Waals surface area contributed by atoms with Crippen molar-refractivity contribution in [3.05, 3.63) is 53.6 Å². The number of ether oxygens (including phenoxy) is 2. The number of rotatable bonds is 6. The summed E-state index contributed by atoms with van der Waals surface area (Å²) < 4.78 is 12.7. The average molecular weight is 571 g/mol. The first-order valence-corrected chi connectivity index (χ1v) is 14.8. The summed E-state index contributed by atoms with van der Waals surface area (Å²) in [6.07, 6.45) is 11.1. The second-order valence-electron chi connectivity index (χ2n) is 11.4. The minimum atomic E-state index is -1.43. The number of allylic oxidation sites excluding steroid dienone is 1. The lowest BCUT2D eigenvalue weighted by molar-refractivity contribution is -0.162. The molecule has 1 N–H and O–H groups in total. The average Bonchev–Trinajstić information content (AvgIpc) is 3.31. The highest BCUT2D eigenvalue weighted by atomic mass is 35.5. The van der Waals surface area contributed by atoms with Gasteiger partial charge in [-0.15, -0.1) is 0 Å². The number of carbonyl (C=O) groups excluding carboxylic acids is 3. The lowest BCUT2D eigenvalue weighted by Crippen LogP contribution is -2.60. The fraction of sp³-hybridized carbons (Fsp3) is 0.581. The molecule has 0 bridgehead atoms. The van der Waals surface area contributed by atoms with Gasteiger partial charge >= 0.3 is 5.97 Å². The van der Waals surface area contributed by atoms with E-state index in [0.29, 0.717) is 23.6 Å². The summed E-state index contributed by atoms with van der Waals surface area (Å²) in [4.78, 5) is 46.1. The molecule has 40 heavy (non-hydrogen) atoms. The number of benzene rings is 1. The van der Waals surface area contributed by atoms with Gasteiger partial charge in [-0.25, -0.2) is 0 Å². The van der Waals surface area contributed by atoms with Gasteiger partial charge in [0.05, 0.1) is 35.9 Å². The van der Waals surface area contributed by atoms with Crippen LogP contribution >= 0.6 is 11.6 Å². The molecule has 0 radical (unpaired) electrons. The van der Waals surface area contributed by atoms with Crippen molar-refractivity contribution in [2.75, 3.05) is 24.7 Å². The number of cyclic esters (lactones) is 1. The number of halogens is 1. The lowest BCUT2D eigenvalue weighted by Gasteiger charge is -2.42. The highest BCUT2D eigenvalue weighted by Crippen LogP contribution is 2.59. The van der Waals surface area contributed by atoms with Gasteiger partial charge in [-0.3, -0.25) is 14.4 Å². The Hall–Kier alpha value is -2.68. The number of hydrogen-bond donors (Lipinski definition) is 1. The molecule has 4 aliphatic rings. The summed E-state index contributed by atoms with van der Waals surface area (Å²) in [6, 6.07) is 5.35. The Morgan fingerprint density at radius 3 is 2.55 bits per heavy atom. The van der Waals surface area contributed by atoms with Crippen molar-refractivity contribution in [1.82, 2.24) is 4.90 Å². The highest BCUT2D eigenvalue weighted by Gasteiger charge is 2.76. The topological polar surface area (TPSA) is 96.4 Å². The summed E-state index contributed by atoms with van der Waals surface area (Å²) in [5, 5.41) is 11.0. The SMILES string of the molecule is CC[C@H](C)[C@H](CO)N1C(=O)[C@@H]2[C@@H]3C(=O)OCCCC/C=C\[C@]3(CC)O[C@@]23C=CCN(c2ccccc2Cl)C(=O)C13. The Kier molecular flexibility index (Phi) is 8.15. The zero-order chi connectivity index (χ0) is 28.7. The largest absolute Gasteiger partial charge is 0.465 e. The minimum Gasteiger partial charge on any atom is -0.465 e. The molecular formula is C31H39ClN2O6. The van der Waals surface area contributed by atoms with Gasteiger partial charge in [0.2, 0.25) is 5.91 Å². The van der Waals surface area contributed by atoms with E-state index >= 15 is 0 Å². The molecule has 2 fully saturated rings. The van der Waals surface area contributed by atoms with Gasteiger partial charge < -0.3 is 24.4 Å². The number of likely N-dealkylation sites (tertiary alicyclic amines) is 1. The molecular weight excluding hydrogens is 532 g/mol. The number of aliphatic hydroxyl groups excluding tert-OH is 1. The van der Waals surface area contributed by atoms with Crippen LogP contribution in [0.1, 0.15) is 52.9 Å². The number of anilines is 1. The van der Waals surface area contributed by atoms with E-state index in [2.05, 4.69) is 0 Å². The number of hydrogen-bond acceptors (Lipinski definition) is 6. The molecule has 1 aromatic carbocycles. The van der Waals surface area contributed by atoms with E-state index in [4.69, 9.17) is 21.1 Å². The predicted octanol–water partition coefficient (Wildman–Crippen LogP) is 4.29. The summed E-state index contributed by atoms with van der Waals surface area (Å²) in [7, 11) is 0. The van der Waals surface area contributed by atoms with Crippen LogP contribution < -0.4 is 4.90 Å². The molecule has 216 valence electrons. The molecule has 0 aliphatic carbocycles. The van der Waals surface area contributed by atoms with Crippen molar-refractivity contribution in [2.45, 2.75) is 76.2 Å². The standard InChI is InChI=1S/C31H39ClN2O6/c1-4-20(3)23(19-35)34-26-28(37)33(22-14-9-8-13-21(22)32)17-12-16-31(26)24(27(34)36)25-29(38)39-18-11-7-6-10-15-30(25,5-2)40-31/h8-10,12-16,20,23-26,35H,4-7,11,17-19H2,1-3H3/b15-10-/t20-,23-,24-,25+,26?,30-,31-/m0/s1. The maximum atomic E-state index is 14.7. The van der Waals surface area contributed by atoms with Gasteiger partial charge in [-0.2, -0.15) is 0 Å². The van der Waals surface area contributed by atoms with E-state index in [-0.39, 0.29) is 37.5 Å². The second-order valence-corrected chi connectivity index (χ2v) is 11.8. The van der Waals surface area contributed by atoms with E-state index in [0.717, 1.165) is 19.3 Å². The van der Waals surface area contributed by atoms with Crippen LogP contribution in [0.4, 0.5) is 5.69 Å². The van der Waals surface area contributed by atoms with Crippen LogP contribution in [0.25, 0.3) is 0 Å². The fourth-order valence-corrected chi connectivity index (χ4v) is 7.27. The first-order chi connectivity index (χ1) is 19.3. The monoisotopic (exact) mass is 570 g/mol. The van der Waals surface area contributed by atoms with Crippen LogP contribution in [0.5, 0.6) is 0 Å². The quantitative estimate of drug-likeness (QED) is 0.405. The van der Waals surface area contributed by atoms with Gasteiger partial charge in [0.15, 0.2) is 0 Å². The van der Waals surface area contributed by atoms with Crippen LogP contribution in [0.15, 0.2) is 48.6 Å². The normalized spacial score (nSPS) is 34.4. The predicted molar refractivity (Wildman–Crippen MR) is 152 cm³/mol. The highest BCUT2D eigenvalue weighted by molar-refractivity contribution is 6.34. The van der Waals surface area contributed by atoms with Gasteiger partial charge in [-0.1, -0.05) is 75.2 Å². The van der Waals surface area contributed by atoms with E-state index in [9.17, 15) is 19.5 Å². The number of fused-ring (bicyclic) bond motifs is 2. The maximum absolute atomic E-state index is 14.7. The molecule has 2 saturated heterocycles. The third-order valence-corrected chi connectivity index (χ3v) is 9.63. The van der Waals surface area contributed by atoms with E-state index in [1.807, 2.05) is 45.1 Å². The Bertz CT molecular complexity index is 1220. The van der Waals surface area contributed by atoms with Gasteiger partial charge in [0, 0.05) is 6.54 Å².